The molecule has 0 aromatic heterocycles. The predicted molar refractivity (Wildman–Crippen MR) is 92.8 cm³/mol. The highest BCUT2D eigenvalue weighted by atomic mass is 32.2. The summed E-state index contributed by atoms with van der Waals surface area (Å²) >= 11 is 0. The zero-order chi connectivity index (χ0) is 19.3. The van der Waals surface area contributed by atoms with E-state index in [1.54, 1.807) is 6.92 Å². The van der Waals surface area contributed by atoms with E-state index in [2.05, 4.69) is 10.0 Å². The Morgan fingerprint density at radius 2 is 1.65 bits per heavy atom. The lowest BCUT2D eigenvalue weighted by Gasteiger charge is -2.17. The van der Waals surface area contributed by atoms with Crippen molar-refractivity contribution in [2.24, 2.45) is 0 Å². The van der Waals surface area contributed by atoms with Gasteiger partial charge in [-0.05, 0) is 55.0 Å². The first-order chi connectivity index (χ1) is 12.2. The molecule has 9 heteroatoms. The van der Waals surface area contributed by atoms with Crippen molar-refractivity contribution in [1.82, 2.24) is 4.72 Å². The molecule has 2 aromatic rings. The second-order valence-corrected chi connectivity index (χ2v) is 7.12. The Morgan fingerprint density at radius 3 is 2.15 bits per heavy atom. The summed E-state index contributed by atoms with van der Waals surface area (Å²) < 4.78 is 39.8. The molecule has 26 heavy (non-hydrogen) atoms. The number of carbonyl (C=O) groups excluding carboxylic acids is 1. The Balaban J connectivity index is 2.10. The number of nitrogens with one attached hydrogen (secondary N) is 2. The normalized spacial score (nSPS) is 12.4. The minimum Gasteiger partial charge on any atom is -0.478 e. The van der Waals surface area contributed by atoms with E-state index >= 15 is 0 Å². The number of hydrogen-bond acceptors (Lipinski definition) is 4. The van der Waals surface area contributed by atoms with E-state index in [4.69, 9.17) is 5.11 Å². The molecule has 1 unspecified atom stereocenters. The highest BCUT2D eigenvalue weighted by molar-refractivity contribution is 7.89. The number of amides is 1. The summed E-state index contributed by atoms with van der Waals surface area (Å²) in [7, 11) is -4.00. The van der Waals surface area contributed by atoms with E-state index in [0.717, 1.165) is 24.3 Å². The van der Waals surface area contributed by atoms with E-state index in [9.17, 15) is 22.4 Å². The van der Waals surface area contributed by atoms with Crippen LogP contribution in [0.5, 0.6) is 0 Å². The highest BCUT2D eigenvalue weighted by Crippen LogP contribution is 2.13. The van der Waals surface area contributed by atoms with Crippen LogP contribution >= 0.6 is 0 Å². The van der Waals surface area contributed by atoms with Crippen molar-refractivity contribution in [3.8, 4) is 0 Å². The van der Waals surface area contributed by atoms with Crippen LogP contribution < -0.4 is 10.0 Å². The van der Waals surface area contributed by atoms with Gasteiger partial charge in [0.15, 0.2) is 0 Å². The van der Waals surface area contributed by atoms with Gasteiger partial charge in [0.25, 0.3) is 0 Å². The first-order valence-corrected chi connectivity index (χ1v) is 9.13. The molecule has 2 aromatic carbocycles. The molecule has 0 saturated heterocycles. The molecular formula is C17H17FN2O5S. The van der Waals surface area contributed by atoms with Crippen LogP contribution in [-0.4, -0.2) is 31.4 Å². The number of sulfonamides is 1. The number of benzene rings is 2. The van der Waals surface area contributed by atoms with E-state index in [1.807, 2.05) is 0 Å². The summed E-state index contributed by atoms with van der Waals surface area (Å²) in [5.74, 6) is -2.26. The first-order valence-electron chi connectivity index (χ1n) is 7.65. The molecule has 7 nitrogen and oxygen atoms in total. The van der Waals surface area contributed by atoms with Gasteiger partial charge in [-0.2, -0.15) is 4.72 Å². The molecule has 0 fully saturated rings. The van der Waals surface area contributed by atoms with Crippen molar-refractivity contribution >= 4 is 27.6 Å². The van der Waals surface area contributed by atoms with E-state index < -0.39 is 33.8 Å². The fourth-order valence-corrected chi connectivity index (χ4v) is 3.40. The quantitative estimate of drug-likeness (QED) is 0.682. The Bertz CT molecular complexity index is 896. The Labute approximate surface area is 149 Å². The van der Waals surface area contributed by atoms with Crippen LogP contribution in [0.25, 0.3) is 0 Å². The van der Waals surface area contributed by atoms with Gasteiger partial charge >= 0.3 is 5.97 Å². The third-order valence-corrected chi connectivity index (χ3v) is 5.03. The molecular weight excluding hydrogens is 363 g/mol. The number of carboxylic acids is 1. The zero-order valence-electron chi connectivity index (χ0n) is 13.8. The number of halogens is 1. The van der Waals surface area contributed by atoms with Gasteiger partial charge in [-0.15, -0.1) is 0 Å². The summed E-state index contributed by atoms with van der Waals surface area (Å²) in [6.07, 6.45) is 0.180. The molecule has 0 aliphatic rings. The Kier molecular flexibility index (Phi) is 6.06. The second-order valence-electron chi connectivity index (χ2n) is 5.41. The molecule has 3 N–H and O–H groups in total. The molecule has 0 bridgehead atoms. The number of rotatable bonds is 7. The third kappa shape index (κ3) is 4.87. The minimum absolute atomic E-state index is 0.0621. The molecule has 0 aliphatic carbocycles. The van der Waals surface area contributed by atoms with Gasteiger partial charge in [-0.1, -0.05) is 6.92 Å². The van der Waals surface area contributed by atoms with Gasteiger partial charge in [-0.25, -0.2) is 17.6 Å². The second kappa shape index (κ2) is 8.07. The van der Waals surface area contributed by atoms with Gasteiger partial charge in [0, 0.05) is 5.69 Å². The largest absolute Gasteiger partial charge is 0.478 e. The maximum atomic E-state index is 12.9. The SMILES string of the molecule is CCC(NS(=O)(=O)c1ccc(F)cc1)C(=O)Nc1ccc(C(=O)O)cc1. The average molecular weight is 380 g/mol. The predicted octanol–water partition coefficient (Wildman–Crippen LogP) is 2.22. The lowest BCUT2D eigenvalue weighted by atomic mass is 10.2. The number of hydrogen-bond donors (Lipinski definition) is 3. The maximum Gasteiger partial charge on any atom is 0.335 e. The van der Waals surface area contributed by atoms with Crippen molar-refractivity contribution in [3.63, 3.8) is 0 Å². The highest BCUT2D eigenvalue weighted by Gasteiger charge is 2.24. The van der Waals surface area contributed by atoms with Crippen molar-refractivity contribution in [2.45, 2.75) is 24.3 Å². The number of carbonyl (C=O) groups is 2. The van der Waals surface area contributed by atoms with Gasteiger partial charge < -0.3 is 10.4 Å². The monoisotopic (exact) mass is 380 g/mol. The molecule has 0 heterocycles. The molecule has 1 atom stereocenters. The standard InChI is InChI=1S/C17H17FN2O5S/c1-2-15(20-26(24,25)14-9-5-12(18)6-10-14)16(21)19-13-7-3-11(4-8-13)17(22)23/h3-10,15,20H,2H2,1H3,(H,19,21)(H,22,23). The van der Waals surface area contributed by atoms with Crippen LogP contribution in [0, 0.1) is 5.82 Å². The van der Waals surface area contributed by atoms with Crippen molar-refractivity contribution in [3.05, 3.63) is 59.9 Å². The number of aromatic carboxylic acids is 1. The molecule has 1 amide bonds. The van der Waals surface area contributed by atoms with Crippen molar-refractivity contribution < 1.29 is 27.5 Å². The fraction of sp³-hybridized carbons (Fsp3) is 0.176. The first kappa shape index (κ1) is 19.5. The van der Waals surface area contributed by atoms with Gasteiger partial charge in [0.2, 0.25) is 15.9 Å². The van der Waals surface area contributed by atoms with E-state index in [-0.39, 0.29) is 16.9 Å². The molecule has 0 aliphatic heterocycles. The molecule has 138 valence electrons. The summed E-state index contributed by atoms with van der Waals surface area (Å²) in [5, 5.41) is 11.4. The smallest absolute Gasteiger partial charge is 0.335 e. The Morgan fingerprint density at radius 1 is 1.08 bits per heavy atom. The van der Waals surface area contributed by atoms with Crippen molar-refractivity contribution in [1.29, 1.82) is 0 Å². The molecule has 0 spiro atoms. The van der Waals surface area contributed by atoms with Crippen LogP contribution in [0.2, 0.25) is 0 Å². The average Bonchev–Trinajstić information content (AvgIpc) is 2.60. The summed E-state index contributed by atoms with van der Waals surface area (Å²) in [5.41, 5.74) is 0.395. The van der Waals surface area contributed by atoms with E-state index in [1.165, 1.54) is 24.3 Å². The van der Waals surface area contributed by atoms with Gasteiger partial charge in [0.1, 0.15) is 11.9 Å². The number of anilines is 1. The van der Waals surface area contributed by atoms with Crippen LogP contribution in [0.4, 0.5) is 10.1 Å². The van der Waals surface area contributed by atoms with Crippen LogP contribution in [0.1, 0.15) is 23.7 Å². The summed E-state index contributed by atoms with van der Waals surface area (Å²) in [4.78, 5) is 23.0. The lowest BCUT2D eigenvalue weighted by Crippen LogP contribution is -2.43. The van der Waals surface area contributed by atoms with Crippen molar-refractivity contribution in [2.75, 3.05) is 5.32 Å². The summed E-state index contributed by atoms with van der Waals surface area (Å²) in [6, 6.07) is 8.64. The Hall–Kier alpha value is -2.78. The molecule has 2 rings (SSSR count). The zero-order valence-corrected chi connectivity index (χ0v) is 14.6. The number of carboxylic acid groups (broad SMARTS) is 1. The minimum atomic E-state index is -4.00. The van der Waals surface area contributed by atoms with Crippen LogP contribution in [0.3, 0.4) is 0 Å². The van der Waals surface area contributed by atoms with Gasteiger partial charge in [0.05, 0.1) is 10.5 Å². The lowest BCUT2D eigenvalue weighted by molar-refractivity contribution is -0.117. The van der Waals surface area contributed by atoms with Gasteiger partial charge in [-0.3, -0.25) is 4.79 Å². The van der Waals surface area contributed by atoms with Crippen LogP contribution in [-0.2, 0) is 14.8 Å². The molecule has 0 radical (unpaired) electrons. The third-order valence-electron chi connectivity index (χ3n) is 3.55. The van der Waals surface area contributed by atoms with Crippen LogP contribution in [0.15, 0.2) is 53.4 Å². The molecule has 0 saturated carbocycles. The van der Waals surface area contributed by atoms with E-state index in [0.29, 0.717) is 5.69 Å². The summed E-state index contributed by atoms with van der Waals surface area (Å²) in [6.45, 7) is 1.63. The fourth-order valence-electron chi connectivity index (χ4n) is 2.12. The topological polar surface area (TPSA) is 113 Å². The maximum absolute atomic E-state index is 12.9.